The first-order chi connectivity index (χ1) is 26.6. The number of allylic oxidation sites excluding steroid dienone is 5. The van der Waals surface area contributed by atoms with Gasteiger partial charge in [-0.25, -0.2) is 4.57 Å². The van der Waals surface area contributed by atoms with Crippen LogP contribution in [0.1, 0.15) is 155 Å². The maximum Gasteiger partial charge on any atom is 0.472 e. The number of phosphoric acid groups is 1. The molecule has 12 heteroatoms. The smallest absolute Gasteiger partial charge is 0.472 e. The zero-order valence-electron chi connectivity index (χ0n) is 34.1. The van der Waals surface area contributed by atoms with Gasteiger partial charge in [0.2, 0.25) is 0 Å². The van der Waals surface area contributed by atoms with Gasteiger partial charge in [0.1, 0.15) is 12.4 Å². The number of aliphatic hydroxyl groups excluding tert-OH is 2. The molecule has 0 aromatic rings. The number of ketones is 1. The summed E-state index contributed by atoms with van der Waals surface area (Å²) in [6.07, 6.45) is 34.3. The summed E-state index contributed by atoms with van der Waals surface area (Å²) in [5.74, 6) is -1.17. The fraction of sp³-hybridized carbons (Fsp3) is 0.767. The third-order valence-electron chi connectivity index (χ3n) is 9.65. The van der Waals surface area contributed by atoms with Crippen LogP contribution >= 0.6 is 7.82 Å². The first-order valence-electron chi connectivity index (χ1n) is 21.3. The second-order valence-electron chi connectivity index (χ2n) is 14.7. The monoisotopic (exact) mass is 798 g/mol. The van der Waals surface area contributed by atoms with Crippen molar-refractivity contribution in [2.24, 2.45) is 17.6 Å². The number of ether oxygens (including phenoxy) is 2. The number of esters is 1. The number of nitrogens with two attached hydrogens (primary N) is 1. The molecule has 0 amide bonds. The van der Waals surface area contributed by atoms with Gasteiger partial charge in [-0.05, 0) is 70.3 Å². The van der Waals surface area contributed by atoms with Crippen LogP contribution in [-0.2, 0) is 32.7 Å². The molecule has 0 radical (unpaired) electrons. The van der Waals surface area contributed by atoms with Gasteiger partial charge in [0.05, 0.1) is 31.7 Å². The molecule has 0 spiro atoms. The Morgan fingerprint density at radius 3 is 2.11 bits per heavy atom. The van der Waals surface area contributed by atoms with Gasteiger partial charge in [-0.15, -0.1) is 0 Å². The second kappa shape index (κ2) is 34.0. The normalized spacial score (nSPS) is 20.0. The highest BCUT2D eigenvalue weighted by Gasteiger charge is 2.39. The minimum atomic E-state index is -4.37. The van der Waals surface area contributed by atoms with Crippen LogP contribution in [-0.4, -0.2) is 71.5 Å². The molecular formula is C43H76NO10P. The summed E-state index contributed by atoms with van der Waals surface area (Å²) < 4.78 is 33.1. The number of aliphatic hydroxyl groups is 2. The Balaban J connectivity index is 2.40. The van der Waals surface area contributed by atoms with E-state index in [0.29, 0.717) is 25.7 Å². The lowest BCUT2D eigenvalue weighted by Gasteiger charge is -2.19. The maximum atomic E-state index is 12.7. The summed E-state index contributed by atoms with van der Waals surface area (Å²) in [4.78, 5) is 35.1. The first kappa shape index (κ1) is 50.9. The molecule has 1 aliphatic rings. The topological polar surface area (TPSA) is 175 Å². The predicted molar refractivity (Wildman–Crippen MR) is 220 cm³/mol. The summed E-state index contributed by atoms with van der Waals surface area (Å²) in [6, 6.07) is 0. The number of hydrogen-bond donors (Lipinski definition) is 4. The van der Waals surface area contributed by atoms with Crippen LogP contribution in [0, 0.1) is 11.8 Å². The van der Waals surface area contributed by atoms with E-state index in [4.69, 9.17) is 24.3 Å². The van der Waals surface area contributed by atoms with Crippen molar-refractivity contribution < 1.29 is 47.8 Å². The number of phosphoric ester groups is 1. The van der Waals surface area contributed by atoms with Gasteiger partial charge in [-0.2, -0.15) is 0 Å². The number of carbonyl (C=O) groups is 2. The Morgan fingerprint density at radius 1 is 0.836 bits per heavy atom. The fourth-order valence-corrected chi connectivity index (χ4v) is 7.17. The zero-order chi connectivity index (χ0) is 40.4. The Kier molecular flexibility index (Phi) is 31.4. The van der Waals surface area contributed by atoms with E-state index < -0.39 is 32.1 Å². The molecule has 0 aliphatic heterocycles. The molecule has 1 saturated carbocycles. The fourth-order valence-electron chi connectivity index (χ4n) is 6.41. The van der Waals surface area contributed by atoms with E-state index in [0.717, 1.165) is 38.5 Å². The Morgan fingerprint density at radius 2 is 1.44 bits per heavy atom. The van der Waals surface area contributed by atoms with E-state index in [9.17, 15) is 29.3 Å². The van der Waals surface area contributed by atoms with Crippen molar-refractivity contribution in [1.82, 2.24) is 0 Å². The lowest BCUT2D eigenvalue weighted by atomic mass is 9.90. The molecule has 0 saturated heterocycles. The maximum absolute atomic E-state index is 12.7. The minimum absolute atomic E-state index is 0.00930. The van der Waals surface area contributed by atoms with Gasteiger partial charge in [0.15, 0.2) is 6.10 Å². The zero-order valence-corrected chi connectivity index (χ0v) is 35.0. The van der Waals surface area contributed by atoms with Crippen LogP contribution < -0.4 is 5.73 Å². The van der Waals surface area contributed by atoms with Crippen molar-refractivity contribution in [2.45, 2.75) is 173 Å². The average molecular weight is 798 g/mol. The van der Waals surface area contributed by atoms with Gasteiger partial charge in [-0.3, -0.25) is 18.6 Å². The number of hydrogen-bond acceptors (Lipinski definition) is 10. The molecule has 318 valence electrons. The van der Waals surface area contributed by atoms with Crippen molar-refractivity contribution in [3.05, 3.63) is 48.8 Å². The van der Waals surface area contributed by atoms with Gasteiger partial charge in [-0.1, -0.05) is 115 Å². The third kappa shape index (κ3) is 28.0. The van der Waals surface area contributed by atoms with Crippen LogP contribution in [0.3, 0.4) is 0 Å². The summed E-state index contributed by atoms with van der Waals surface area (Å²) >= 11 is 0. The van der Waals surface area contributed by atoms with Crippen LogP contribution in [0.5, 0.6) is 0 Å². The number of unbranched alkanes of at least 4 members (excludes halogenated alkanes) is 14. The molecule has 1 unspecified atom stereocenters. The molecule has 0 bridgehead atoms. The van der Waals surface area contributed by atoms with Gasteiger partial charge >= 0.3 is 13.8 Å². The summed E-state index contributed by atoms with van der Waals surface area (Å²) in [5.41, 5.74) is 5.35. The van der Waals surface area contributed by atoms with E-state index in [1.165, 1.54) is 64.2 Å². The Labute approximate surface area is 332 Å². The quantitative estimate of drug-likeness (QED) is 0.0156. The van der Waals surface area contributed by atoms with Crippen molar-refractivity contribution in [3.63, 3.8) is 0 Å². The van der Waals surface area contributed by atoms with Crippen LogP contribution in [0.15, 0.2) is 48.8 Å². The predicted octanol–water partition coefficient (Wildman–Crippen LogP) is 9.35. The molecule has 6 atom stereocenters. The Hall–Kier alpha value is -2.11. The largest absolute Gasteiger partial charge is 0.498 e. The highest BCUT2D eigenvalue weighted by molar-refractivity contribution is 7.47. The molecule has 55 heavy (non-hydrogen) atoms. The number of rotatable bonds is 36. The van der Waals surface area contributed by atoms with Crippen LogP contribution in [0.2, 0.25) is 0 Å². The second-order valence-corrected chi connectivity index (χ2v) is 16.1. The minimum Gasteiger partial charge on any atom is -0.498 e. The molecule has 5 N–H and O–H groups in total. The lowest BCUT2D eigenvalue weighted by molar-refractivity contribution is -0.153. The first-order valence-corrected chi connectivity index (χ1v) is 22.8. The van der Waals surface area contributed by atoms with E-state index >= 15 is 0 Å². The summed E-state index contributed by atoms with van der Waals surface area (Å²) in [5, 5.41) is 20.7. The molecule has 1 fully saturated rings. The molecule has 0 heterocycles. The summed E-state index contributed by atoms with van der Waals surface area (Å²) in [6.45, 7) is 3.79. The molecular weight excluding hydrogens is 721 g/mol. The molecule has 1 rings (SSSR count). The molecule has 0 aromatic carbocycles. The van der Waals surface area contributed by atoms with Gasteiger partial charge in [0, 0.05) is 31.2 Å². The highest BCUT2D eigenvalue weighted by atomic mass is 31.2. The lowest BCUT2D eigenvalue weighted by Crippen LogP contribution is -2.27. The standard InChI is InChI=1S/C43H76NO10P/c1-3-5-7-8-9-10-11-12-13-14-15-16-17-18-21-25-32-51-35-38(36-53-55(49,50)52-33-31-44)54-43(48)28-24-20-19-23-27-39-40(42(47)34-41(39)46)30-29-37(45)26-22-6-4-2/h10-11,19,23,25,29-30,32,37-40,42,45,47H,3-9,12-18,20-22,24,26-28,31,33-36,44H2,1-2H3,(H,49,50)/b11-10-,23-19-,30-29+,32-25+/t37-,38+,39+,40+,42+/m0/s1. The van der Waals surface area contributed by atoms with Gasteiger partial charge < -0.3 is 30.3 Å². The number of carbonyl (C=O) groups excluding carboxylic acids is 2. The third-order valence-corrected chi connectivity index (χ3v) is 10.6. The van der Waals surface area contributed by atoms with E-state index in [2.05, 4.69) is 26.0 Å². The molecule has 0 aromatic heterocycles. The highest BCUT2D eigenvalue weighted by Crippen LogP contribution is 2.43. The van der Waals surface area contributed by atoms with Crippen molar-refractivity contribution in [3.8, 4) is 0 Å². The van der Waals surface area contributed by atoms with Crippen molar-refractivity contribution in [2.75, 3.05) is 26.4 Å². The van der Waals surface area contributed by atoms with E-state index in [1.807, 2.05) is 18.2 Å². The average Bonchev–Trinajstić information content (AvgIpc) is 3.43. The molecule has 1 aliphatic carbocycles. The molecule has 11 nitrogen and oxygen atoms in total. The van der Waals surface area contributed by atoms with E-state index in [-0.39, 0.29) is 56.8 Å². The SMILES string of the molecule is CCCCCC/C=C\CCCCCCCC/C=C/OC[C@H](COP(=O)(O)OCCN)OC(=O)CCC/C=C\C[C@H]1C(=O)C[C@@H](O)[C@@H]1/C=C/[C@@H](O)CCCCC. The van der Waals surface area contributed by atoms with Crippen molar-refractivity contribution >= 4 is 19.6 Å². The van der Waals surface area contributed by atoms with E-state index in [1.54, 1.807) is 18.4 Å². The number of Topliss-reactive ketones (excluding diaryl/α,β-unsaturated/α-hetero) is 1. The van der Waals surface area contributed by atoms with Crippen LogP contribution in [0.25, 0.3) is 0 Å². The van der Waals surface area contributed by atoms with Gasteiger partial charge in [0.25, 0.3) is 0 Å². The Bertz CT molecular complexity index is 1140. The van der Waals surface area contributed by atoms with Crippen LogP contribution in [0.4, 0.5) is 0 Å². The van der Waals surface area contributed by atoms with Crippen molar-refractivity contribution in [1.29, 1.82) is 0 Å². The summed E-state index contributed by atoms with van der Waals surface area (Å²) in [7, 11) is -4.37.